The third-order valence-electron chi connectivity index (χ3n) is 4.16. The van der Waals surface area contributed by atoms with Crippen molar-refractivity contribution in [2.24, 2.45) is 0 Å². The fourth-order valence-electron chi connectivity index (χ4n) is 2.74. The standard InChI is InChI=1S/C22H19N3O5/c1-2-30-18-12-10-16(11-13-18)23-22(27)19-8-3-4-9-20(19)24-21(26)15-6-5-7-17(14-15)25(28)29/h3-14H,2H2,1H3,(H,23,27)(H,24,26). The van der Waals surface area contributed by atoms with Gasteiger partial charge in [0.25, 0.3) is 17.5 Å². The fourth-order valence-corrected chi connectivity index (χ4v) is 2.74. The summed E-state index contributed by atoms with van der Waals surface area (Å²) in [5.74, 6) is -0.269. The molecule has 0 unspecified atom stereocenters. The molecule has 0 aliphatic rings. The van der Waals surface area contributed by atoms with Crippen molar-refractivity contribution in [3.05, 3.63) is 94.0 Å². The first-order valence-corrected chi connectivity index (χ1v) is 9.17. The zero-order chi connectivity index (χ0) is 21.5. The van der Waals surface area contributed by atoms with Crippen molar-refractivity contribution < 1.29 is 19.2 Å². The van der Waals surface area contributed by atoms with Gasteiger partial charge in [-0.2, -0.15) is 0 Å². The number of non-ortho nitro benzene ring substituents is 1. The summed E-state index contributed by atoms with van der Waals surface area (Å²) in [6.07, 6.45) is 0. The van der Waals surface area contributed by atoms with Crippen molar-refractivity contribution >= 4 is 28.9 Å². The molecule has 0 aromatic heterocycles. The highest BCUT2D eigenvalue weighted by molar-refractivity contribution is 6.12. The van der Waals surface area contributed by atoms with E-state index in [0.717, 1.165) is 0 Å². The van der Waals surface area contributed by atoms with Gasteiger partial charge in [0.05, 0.1) is 22.8 Å². The first-order chi connectivity index (χ1) is 14.5. The first-order valence-electron chi connectivity index (χ1n) is 9.17. The van der Waals surface area contributed by atoms with Crippen LogP contribution in [0.2, 0.25) is 0 Å². The smallest absolute Gasteiger partial charge is 0.270 e. The van der Waals surface area contributed by atoms with E-state index in [0.29, 0.717) is 18.0 Å². The number of amides is 2. The van der Waals surface area contributed by atoms with Crippen LogP contribution in [0.5, 0.6) is 5.75 Å². The molecule has 3 aromatic carbocycles. The van der Waals surface area contributed by atoms with Crippen LogP contribution in [0.25, 0.3) is 0 Å². The lowest BCUT2D eigenvalue weighted by Crippen LogP contribution is -2.18. The Labute approximate surface area is 172 Å². The predicted octanol–water partition coefficient (Wildman–Crippen LogP) is 4.50. The Morgan fingerprint density at radius 3 is 2.37 bits per heavy atom. The van der Waals surface area contributed by atoms with Crippen molar-refractivity contribution in [3.8, 4) is 5.75 Å². The molecule has 0 radical (unpaired) electrons. The molecular formula is C22H19N3O5. The van der Waals surface area contributed by atoms with Crippen LogP contribution in [0.4, 0.5) is 17.1 Å². The normalized spacial score (nSPS) is 10.2. The van der Waals surface area contributed by atoms with Gasteiger partial charge in [0.1, 0.15) is 5.75 Å². The lowest BCUT2D eigenvalue weighted by molar-refractivity contribution is -0.384. The molecule has 0 aliphatic carbocycles. The summed E-state index contributed by atoms with van der Waals surface area (Å²) in [5, 5.41) is 16.3. The number of ether oxygens (including phenoxy) is 1. The molecule has 0 saturated carbocycles. The van der Waals surface area contributed by atoms with Crippen LogP contribution in [0.3, 0.4) is 0 Å². The maximum Gasteiger partial charge on any atom is 0.270 e. The molecule has 3 rings (SSSR count). The lowest BCUT2D eigenvalue weighted by atomic mass is 10.1. The van der Waals surface area contributed by atoms with Crippen molar-refractivity contribution in [2.75, 3.05) is 17.2 Å². The van der Waals surface area contributed by atoms with Crippen LogP contribution in [0.15, 0.2) is 72.8 Å². The van der Waals surface area contributed by atoms with Gasteiger partial charge in [0.15, 0.2) is 0 Å². The quantitative estimate of drug-likeness (QED) is 0.444. The number of carbonyl (C=O) groups excluding carboxylic acids is 2. The molecule has 8 heteroatoms. The molecule has 0 spiro atoms. The second kappa shape index (κ2) is 9.33. The Morgan fingerprint density at radius 1 is 0.933 bits per heavy atom. The molecule has 152 valence electrons. The van der Waals surface area contributed by atoms with E-state index in [-0.39, 0.29) is 22.5 Å². The number of nitrogens with zero attached hydrogens (tertiary/aromatic N) is 1. The number of para-hydroxylation sites is 1. The number of nitro groups is 1. The third-order valence-corrected chi connectivity index (χ3v) is 4.16. The molecule has 8 nitrogen and oxygen atoms in total. The van der Waals surface area contributed by atoms with Gasteiger partial charge in [-0.3, -0.25) is 19.7 Å². The third kappa shape index (κ3) is 4.99. The summed E-state index contributed by atoms with van der Waals surface area (Å²) >= 11 is 0. The molecule has 0 bridgehead atoms. The van der Waals surface area contributed by atoms with Gasteiger partial charge in [-0.05, 0) is 49.4 Å². The predicted molar refractivity (Wildman–Crippen MR) is 113 cm³/mol. The minimum absolute atomic E-state index is 0.117. The monoisotopic (exact) mass is 405 g/mol. The maximum atomic E-state index is 12.7. The molecule has 0 atom stereocenters. The summed E-state index contributed by atoms with van der Waals surface area (Å²) in [5.41, 5.74) is 1.04. The zero-order valence-corrected chi connectivity index (χ0v) is 16.1. The van der Waals surface area contributed by atoms with Crippen LogP contribution in [-0.2, 0) is 0 Å². The van der Waals surface area contributed by atoms with Gasteiger partial charge in [-0.25, -0.2) is 0 Å². The average Bonchev–Trinajstić information content (AvgIpc) is 2.75. The number of hydrogen-bond donors (Lipinski definition) is 2. The number of nitrogens with one attached hydrogen (secondary N) is 2. The van der Waals surface area contributed by atoms with E-state index in [1.165, 1.54) is 24.3 Å². The zero-order valence-electron chi connectivity index (χ0n) is 16.1. The minimum atomic E-state index is -0.574. The number of hydrogen-bond acceptors (Lipinski definition) is 5. The van der Waals surface area contributed by atoms with Gasteiger partial charge in [0, 0.05) is 23.4 Å². The largest absolute Gasteiger partial charge is 0.494 e. The Morgan fingerprint density at radius 2 is 1.67 bits per heavy atom. The van der Waals surface area contributed by atoms with Gasteiger partial charge < -0.3 is 15.4 Å². The highest BCUT2D eigenvalue weighted by Crippen LogP contribution is 2.21. The lowest BCUT2D eigenvalue weighted by Gasteiger charge is -2.12. The maximum absolute atomic E-state index is 12.7. The van der Waals surface area contributed by atoms with Crippen LogP contribution >= 0.6 is 0 Å². The van der Waals surface area contributed by atoms with Gasteiger partial charge >= 0.3 is 0 Å². The van der Waals surface area contributed by atoms with Crippen molar-refractivity contribution in [1.82, 2.24) is 0 Å². The van der Waals surface area contributed by atoms with Gasteiger partial charge in [-0.1, -0.05) is 18.2 Å². The second-order valence-corrected chi connectivity index (χ2v) is 6.22. The Kier molecular flexibility index (Phi) is 6.39. The summed E-state index contributed by atoms with van der Waals surface area (Å²) in [6.45, 7) is 2.43. The SMILES string of the molecule is CCOc1ccc(NC(=O)c2ccccc2NC(=O)c2cccc([N+](=O)[O-])c2)cc1. The van der Waals surface area contributed by atoms with E-state index in [1.54, 1.807) is 48.5 Å². The molecule has 0 fully saturated rings. The highest BCUT2D eigenvalue weighted by Gasteiger charge is 2.16. The molecule has 30 heavy (non-hydrogen) atoms. The minimum Gasteiger partial charge on any atom is -0.494 e. The van der Waals surface area contributed by atoms with Crippen molar-refractivity contribution in [1.29, 1.82) is 0 Å². The van der Waals surface area contributed by atoms with Crippen LogP contribution in [-0.4, -0.2) is 23.3 Å². The first kappa shape index (κ1) is 20.5. The van der Waals surface area contributed by atoms with E-state index in [4.69, 9.17) is 4.74 Å². The average molecular weight is 405 g/mol. The molecule has 2 amide bonds. The van der Waals surface area contributed by atoms with E-state index in [9.17, 15) is 19.7 Å². The van der Waals surface area contributed by atoms with E-state index in [1.807, 2.05) is 6.92 Å². The number of anilines is 2. The van der Waals surface area contributed by atoms with Crippen LogP contribution in [0, 0.1) is 10.1 Å². The van der Waals surface area contributed by atoms with Gasteiger partial charge in [-0.15, -0.1) is 0 Å². The summed E-state index contributed by atoms with van der Waals surface area (Å²) in [4.78, 5) is 35.6. The number of benzene rings is 3. The Bertz CT molecular complexity index is 1080. The topological polar surface area (TPSA) is 111 Å². The number of rotatable bonds is 7. The Hall–Kier alpha value is -4.20. The highest BCUT2D eigenvalue weighted by atomic mass is 16.6. The Balaban J connectivity index is 1.76. The summed E-state index contributed by atoms with van der Waals surface area (Å²) in [7, 11) is 0. The van der Waals surface area contributed by atoms with Crippen LogP contribution < -0.4 is 15.4 Å². The summed E-state index contributed by atoms with van der Waals surface area (Å²) < 4.78 is 5.38. The summed E-state index contributed by atoms with van der Waals surface area (Å²) in [6, 6.07) is 18.8. The number of nitro benzene ring substituents is 1. The van der Waals surface area contributed by atoms with Crippen molar-refractivity contribution in [2.45, 2.75) is 6.92 Å². The van der Waals surface area contributed by atoms with Crippen LogP contribution in [0.1, 0.15) is 27.6 Å². The molecule has 0 aliphatic heterocycles. The number of carbonyl (C=O) groups is 2. The van der Waals surface area contributed by atoms with Gasteiger partial charge in [0.2, 0.25) is 0 Å². The second-order valence-electron chi connectivity index (χ2n) is 6.22. The molecule has 0 saturated heterocycles. The molecular weight excluding hydrogens is 386 g/mol. The van der Waals surface area contributed by atoms with E-state index >= 15 is 0 Å². The molecule has 0 heterocycles. The molecule has 3 aromatic rings. The van der Waals surface area contributed by atoms with Crippen molar-refractivity contribution in [3.63, 3.8) is 0 Å². The van der Waals surface area contributed by atoms with E-state index < -0.39 is 16.7 Å². The molecule has 2 N–H and O–H groups in total. The fraction of sp³-hybridized carbons (Fsp3) is 0.0909. The van der Waals surface area contributed by atoms with E-state index in [2.05, 4.69) is 10.6 Å².